The summed E-state index contributed by atoms with van der Waals surface area (Å²) in [4.78, 5) is 11.4. The number of carbonyl (C=O) groups excluding carboxylic acids is 1. The van der Waals surface area contributed by atoms with Crippen molar-refractivity contribution in [3.8, 4) is 0 Å². The van der Waals surface area contributed by atoms with Crippen LogP contribution < -0.4 is 11.1 Å². The van der Waals surface area contributed by atoms with Crippen LogP contribution in [0.1, 0.15) is 58.8 Å². The molecule has 16 heavy (non-hydrogen) atoms. The Morgan fingerprint density at radius 1 is 1.25 bits per heavy atom. The van der Waals surface area contributed by atoms with E-state index >= 15 is 0 Å². The molecule has 0 aromatic rings. The van der Waals surface area contributed by atoms with Gasteiger partial charge in [0.15, 0.2) is 0 Å². The average molecular weight is 226 g/mol. The summed E-state index contributed by atoms with van der Waals surface area (Å²) in [5.74, 6) is 0.770. The fourth-order valence-corrected chi connectivity index (χ4v) is 2.53. The van der Waals surface area contributed by atoms with Gasteiger partial charge in [0.1, 0.15) is 0 Å². The third-order valence-electron chi connectivity index (χ3n) is 3.46. The third-order valence-corrected chi connectivity index (χ3v) is 3.46. The second kappa shape index (κ2) is 6.89. The summed E-state index contributed by atoms with van der Waals surface area (Å²) in [7, 11) is 0. The van der Waals surface area contributed by atoms with E-state index in [4.69, 9.17) is 5.73 Å². The lowest BCUT2D eigenvalue weighted by Crippen LogP contribution is -2.43. The Bertz CT molecular complexity index is 208. The van der Waals surface area contributed by atoms with Gasteiger partial charge in [0.05, 0.1) is 6.04 Å². The largest absolute Gasteiger partial charge is 0.352 e. The number of nitrogens with one attached hydrogen (secondary N) is 1. The van der Waals surface area contributed by atoms with E-state index in [0.29, 0.717) is 0 Å². The highest BCUT2D eigenvalue weighted by Crippen LogP contribution is 2.26. The highest BCUT2D eigenvalue weighted by atomic mass is 16.2. The molecule has 3 N–H and O–H groups in total. The van der Waals surface area contributed by atoms with E-state index in [-0.39, 0.29) is 11.9 Å². The molecule has 2 unspecified atom stereocenters. The first-order chi connectivity index (χ1) is 7.59. The highest BCUT2D eigenvalue weighted by Gasteiger charge is 2.17. The van der Waals surface area contributed by atoms with Crippen LogP contribution in [0.2, 0.25) is 0 Å². The van der Waals surface area contributed by atoms with E-state index in [1.54, 1.807) is 6.92 Å². The fourth-order valence-electron chi connectivity index (χ4n) is 2.53. The van der Waals surface area contributed by atoms with Crippen LogP contribution in [0.3, 0.4) is 0 Å². The first kappa shape index (κ1) is 13.5. The van der Waals surface area contributed by atoms with Crippen molar-refractivity contribution in [1.29, 1.82) is 0 Å². The smallest absolute Gasteiger partial charge is 0.236 e. The number of hydrogen-bond donors (Lipinski definition) is 2. The predicted octanol–water partition coefficient (Wildman–Crippen LogP) is 2.20. The van der Waals surface area contributed by atoms with Crippen molar-refractivity contribution in [3.63, 3.8) is 0 Å². The van der Waals surface area contributed by atoms with Crippen molar-refractivity contribution >= 4 is 5.91 Å². The van der Waals surface area contributed by atoms with E-state index in [1.165, 1.54) is 38.5 Å². The first-order valence-electron chi connectivity index (χ1n) is 6.65. The van der Waals surface area contributed by atoms with Crippen molar-refractivity contribution < 1.29 is 4.79 Å². The molecular formula is C13H26N2O. The number of nitrogens with two attached hydrogens (primary N) is 1. The molecule has 0 spiro atoms. The van der Waals surface area contributed by atoms with Crippen LogP contribution in [0.15, 0.2) is 0 Å². The molecule has 0 aromatic heterocycles. The topological polar surface area (TPSA) is 55.1 Å². The summed E-state index contributed by atoms with van der Waals surface area (Å²) in [6.45, 7) is 3.82. The summed E-state index contributed by atoms with van der Waals surface area (Å²) in [5, 5.41) is 2.98. The molecule has 0 aliphatic heterocycles. The Balaban J connectivity index is 2.26. The van der Waals surface area contributed by atoms with Crippen LogP contribution in [-0.4, -0.2) is 18.0 Å². The number of hydrogen-bond acceptors (Lipinski definition) is 2. The molecule has 1 fully saturated rings. The Kier molecular flexibility index (Phi) is 5.81. The predicted molar refractivity (Wildman–Crippen MR) is 67.1 cm³/mol. The van der Waals surface area contributed by atoms with Gasteiger partial charge in [-0.3, -0.25) is 4.79 Å². The summed E-state index contributed by atoms with van der Waals surface area (Å²) in [5.41, 5.74) is 5.53. The minimum atomic E-state index is -0.392. The SMILES string of the molecule is CC(CC1CCCCCC1)NC(=O)C(C)N. The second-order valence-electron chi connectivity index (χ2n) is 5.29. The lowest BCUT2D eigenvalue weighted by atomic mass is 9.93. The average Bonchev–Trinajstić information content (AvgIpc) is 2.45. The zero-order valence-corrected chi connectivity index (χ0v) is 10.7. The van der Waals surface area contributed by atoms with Gasteiger partial charge in [0.2, 0.25) is 5.91 Å². The Hall–Kier alpha value is -0.570. The van der Waals surface area contributed by atoms with E-state index in [9.17, 15) is 4.79 Å². The number of rotatable bonds is 4. The van der Waals surface area contributed by atoms with Crippen LogP contribution in [0, 0.1) is 5.92 Å². The van der Waals surface area contributed by atoms with Crippen molar-refractivity contribution in [1.82, 2.24) is 5.32 Å². The third kappa shape index (κ3) is 4.97. The molecule has 1 rings (SSSR count). The summed E-state index contributed by atoms with van der Waals surface area (Å²) < 4.78 is 0. The molecule has 3 nitrogen and oxygen atoms in total. The summed E-state index contributed by atoms with van der Waals surface area (Å²) in [6.07, 6.45) is 9.26. The van der Waals surface area contributed by atoms with Gasteiger partial charge < -0.3 is 11.1 Å². The first-order valence-corrected chi connectivity index (χ1v) is 6.65. The highest BCUT2D eigenvalue weighted by molar-refractivity contribution is 5.81. The maximum atomic E-state index is 11.4. The molecular weight excluding hydrogens is 200 g/mol. The normalized spacial score (nSPS) is 22.2. The van der Waals surface area contributed by atoms with Crippen LogP contribution in [0.4, 0.5) is 0 Å². The van der Waals surface area contributed by atoms with Gasteiger partial charge in [-0.15, -0.1) is 0 Å². The summed E-state index contributed by atoms with van der Waals surface area (Å²) in [6, 6.07) is -0.127. The summed E-state index contributed by atoms with van der Waals surface area (Å²) >= 11 is 0. The molecule has 1 aliphatic carbocycles. The van der Waals surface area contributed by atoms with Gasteiger partial charge in [-0.05, 0) is 26.2 Å². The molecule has 2 atom stereocenters. The van der Waals surface area contributed by atoms with E-state index in [2.05, 4.69) is 12.2 Å². The maximum Gasteiger partial charge on any atom is 0.236 e. The maximum absolute atomic E-state index is 11.4. The molecule has 0 saturated heterocycles. The van der Waals surface area contributed by atoms with Gasteiger partial charge >= 0.3 is 0 Å². The van der Waals surface area contributed by atoms with Gasteiger partial charge in [0, 0.05) is 6.04 Å². The molecule has 3 heteroatoms. The minimum Gasteiger partial charge on any atom is -0.352 e. The van der Waals surface area contributed by atoms with Crippen LogP contribution >= 0.6 is 0 Å². The lowest BCUT2D eigenvalue weighted by molar-refractivity contribution is -0.122. The van der Waals surface area contributed by atoms with Crippen LogP contribution in [0.25, 0.3) is 0 Å². The Morgan fingerprint density at radius 2 is 1.81 bits per heavy atom. The zero-order valence-electron chi connectivity index (χ0n) is 10.7. The van der Waals surface area contributed by atoms with Gasteiger partial charge in [-0.2, -0.15) is 0 Å². The van der Waals surface area contributed by atoms with Gasteiger partial charge in [0.25, 0.3) is 0 Å². The molecule has 0 heterocycles. The molecule has 0 aromatic carbocycles. The lowest BCUT2D eigenvalue weighted by Gasteiger charge is -2.21. The van der Waals surface area contributed by atoms with Crippen molar-refractivity contribution in [3.05, 3.63) is 0 Å². The van der Waals surface area contributed by atoms with Crippen molar-refractivity contribution in [2.24, 2.45) is 11.7 Å². The second-order valence-corrected chi connectivity index (χ2v) is 5.29. The van der Waals surface area contributed by atoms with Crippen molar-refractivity contribution in [2.75, 3.05) is 0 Å². The Morgan fingerprint density at radius 3 is 2.31 bits per heavy atom. The van der Waals surface area contributed by atoms with Gasteiger partial charge in [-0.25, -0.2) is 0 Å². The molecule has 1 amide bonds. The van der Waals surface area contributed by atoms with Gasteiger partial charge in [-0.1, -0.05) is 38.5 Å². The molecule has 94 valence electrons. The van der Waals surface area contributed by atoms with E-state index < -0.39 is 6.04 Å². The Labute approximate surface area is 99.2 Å². The van der Waals surface area contributed by atoms with Crippen LogP contribution in [-0.2, 0) is 4.79 Å². The van der Waals surface area contributed by atoms with Crippen molar-refractivity contribution in [2.45, 2.75) is 70.9 Å². The molecule has 1 saturated carbocycles. The number of amides is 1. The monoisotopic (exact) mass is 226 g/mol. The van der Waals surface area contributed by atoms with E-state index in [0.717, 1.165) is 12.3 Å². The molecule has 0 bridgehead atoms. The van der Waals surface area contributed by atoms with Crippen LogP contribution in [0.5, 0.6) is 0 Å². The molecule has 0 radical (unpaired) electrons. The quantitative estimate of drug-likeness (QED) is 0.722. The standard InChI is InChI=1S/C13H26N2O/c1-10(15-13(16)11(2)14)9-12-7-5-3-4-6-8-12/h10-12H,3-9,14H2,1-2H3,(H,15,16). The molecule has 1 aliphatic rings. The zero-order chi connectivity index (χ0) is 12.0. The number of carbonyl (C=O) groups is 1. The van der Waals surface area contributed by atoms with E-state index in [1.807, 2.05) is 0 Å². The minimum absolute atomic E-state index is 0.0267. The fraction of sp³-hybridized carbons (Fsp3) is 0.923.